The lowest BCUT2D eigenvalue weighted by Crippen LogP contribution is -2.27. The number of rotatable bonds is 6. The molecule has 3 aromatic rings. The van der Waals surface area contributed by atoms with Crippen LogP contribution in [0.15, 0.2) is 82.8 Å². The number of nitrogens with one attached hydrogen (secondary N) is 2. The summed E-state index contributed by atoms with van der Waals surface area (Å²) < 4.78 is 0. The van der Waals surface area contributed by atoms with Crippen LogP contribution < -0.4 is 10.6 Å². The summed E-state index contributed by atoms with van der Waals surface area (Å²) >= 11 is 0. The fraction of sp³-hybridized carbons (Fsp3) is 0.200. The first kappa shape index (κ1) is 31.0. The van der Waals surface area contributed by atoms with Gasteiger partial charge in [-0.05, 0) is 26.0 Å². The number of benzene rings is 3. The summed E-state index contributed by atoms with van der Waals surface area (Å²) in [4.78, 5) is 51.9. The van der Waals surface area contributed by atoms with E-state index in [1.165, 1.54) is 11.1 Å². The van der Waals surface area contributed by atoms with E-state index in [9.17, 15) is 19.2 Å². The molecule has 2 aliphatic heterocycles. The van der Waals surface area contributed by atoms with Crippen molar-refractivity contribution in [3.8, 4) is 0 Å². The highest BCUT2D eigenvalue weighted by Crippen LogP contribution is 2.18. The van der Waals surface area contributed by atoms with E-state index in [-0.39, 0.29) is 0 Å². The van der Waals surface area contributed by atoms with Gasteiger partial charge < -0.3 is 31.1 Å². The van der Waals surface area contributed by atoms with Gasteiger partial charge in [-0.1, -0.05) is 60.7 Å². The number of hydrogen-bond donors (Lipinski definition) is 6. The Morgan fingerprint density at radius 2 is 0.857 bits per heavy atom. The molecule has 12 nitrogen and oxygen atoms in total. The van der Waals surface area contributed by atoms with Crippen molar-refractivity contribution in [2.75, 3.05) is 13.1 Å². The molecule has 2 heterocycles. The molecule has 2 atom stereocenters. The average Bonchev–Trinajstić information content (AvgIpc) is 3.62. The zero-order valence-electron chi connectivity index (χ0n) is 22.8. The molecular weight excluding hydrogens is 544 g/mol. The van der Waals surface area contributed by atoms with Crippen molar-refractivity contribution in [1.82, 2.24) is 10.6 Å². The summed E-state index contributed by atoms with van der Waals surface area (Å²) in [6.07, 6.45) is 0. The number of amidine groups is 2. The van der Waals surface area contributed by atoms with Gasteiger partial charge in [-0.25, -0.2) is 19.2 Å². The van der Waals surface area contributed by atoms with Crippen LogP contribution in [-0.4, -0.2) is 81.1 Å². The third-order valence-electron chi connectivity index (χ3n) is 5.99. The summed E-state index contributed by atoms with van der Waals surface area (Å²) in [6.45, 7) is 6.06. The van der Waals surface area contributed by atoms with Gasteiger partial charge in [0.25, 0.3) is 0 Å². The quantitative estimate of drug-likeness (QED) is 0.254. The van der Waals surface area contributed by atoms with Gasteiger partial charge in [-0.3, -0.25) is 9.98 Å². The maximum Gasteiger partial charge on any atom is 0.336 e. The third kappa shape index (κ3) is 8.24. The molecule has 0 aromatic heterocycles. The highest BCUT2D eigenvalue weighted by Gasteiger charge is 2.25. The molecule has 12 heteroatoms. The predicted octanol–water partition coefficient (Wildman–Crippen LogP) is 3.33. The summed E-state index contributed by atoms with van der Waals surface area (Å²) in [5.41, 5.74) is -0.784. The van der Waals surface area contributed by atoms with E-state index in [4.69, 9.17) is 20.4 Å². The molecule has 0 fully saturated rings. The van der Waals surface area contributed by atoms with Crippen LogP contribution in [0.3, 0.4) is 0 Å². The highest BCUT2D eigenvalue weighted by molar-refractivity contribution is 6.09. The maximum absolute atomic E-state index is 10.8. The molecule has 0 aliphatic carbocycles. The van der Waals surface area contributed by atoms with Crippen LogP contribution in [0.2, 0.25) is 0 Å². The number of nitrogens with zero attached hydrogens (tertiary/aromatic N) is 2. The fourth-order valence-electron chi connectivity index (χ4n) is 3.95. The Kier molecular flexibility index (Phi) is 10.5. The molecule has 0 amide bonds. The van der Waals surface area contributed by atoms with Crippen LogP contribution >= 0.6 is 0 Å². The lowest BCUT2D eigenvalue weighted by molar-refractivity contribution is 0.0637. The van der Waals surface area contributed by atoms with Crippen molar-refractivity contribution in [1.29, 1.82) is 0 Å². The third-order valence-corrected chi connectivity index (χ3v) is 5.99. The summed E-state index contributed by atoms with van der Waals surface area (Å²) in [7, 11) is 0. The molecule has 5 rings (SSSR count). The van der Waals surface area contributed by atoms with E-state index in [1.54, 1.807) is 0 Å². The Labute approximate surface area is 241 Å². The number of hydrogen-bond acceptors (Lipinski definition) is 8. The van der Waals surface area contributed by atoms with E-state index in [0.29, 0.717) is 24.2 Å². The van der Waals surface area contributed by atoms with E-state index in [1.807, 2.05) is 36.4 Å². The molecular formula is C30H30N4O8. The topological polar surface area (TPSA) is 198 Å². The fourth-order valence-corrected chi connectivity index (χ4v) is 3.95. The number of aliphatic imine (C=N–C) groups is 2. The normalized spacial score (nSPS) is 16.6. The van der Waals surface area contributed by atoms with Gasteiger partial charge in [-0.2, -0.15) is 0 Å². The summed E-state index contributed by atoms with van der Waals surface area (Å²) in [6, 6.07) is 22.4. The van der Waals surface area contributed by atoms with Crippen LogP contribution in [0.1, 0.15) is 66.4 Å². The van der Waals surface area contributed by atoms with Gasteiger partial charge in [0.05, 0.1) is 35.3 Å². The van der Waals surface area contributed by atoms with E-state index in [2.05, 4.69) is 58.7 Å². The Morgan fingerprint density at radius 3 is 1.07 bits per heavy atom. The van der Waals surface area contributed by atoms with Crippen LogP contribution in [0.25, 0.3) is 0 Å². The molecule has 0 spiro atoms. The van der Waals surface area contributed by atoms with Crippen molar-refractivity contribution >= 4 is 35.5 Å². The molecule has 3 aromatic carbocycles. The minimum absolute atomic E-state index is 0.486. The molecule has 2 aliphatic rings. The van der Waals surface area contributed by atoms with Crippen LogP contribution in [-0.2, 0) is 0 Å². The zero-order chi connectivity index (χ0) is 30.8. The number of carbonyl (C=O) groups is 4. The van der Waals surface area contributed by atoms with Crippen LogP contribution in [0.4, 0.5) is 0 Å². The van der Waals surface area contributed by atoms with Crippen molar-refractivity contribution < 1.29 is 39.6 Å². The van der Waals surface area contributed by atoms with Gasteiger partial charge in [0.2, 0.25) is 0 Å². The molecule has 0 saturated carbocycles. The molecule has 0 radical (unpaired) electrons. The first-order valence-corrected chi connectivity index (χ1v) is 12.8. The number of carboxylic acids is 4. The monoisotopic (exact) mass is 574 g/mol. The van der Waals surface area contributed by atoms with Gasteiger partial charge in [0, 0.05) is 23.2 Å². The maximum atomic E-state index is 10.8. The Bertz CT molecular complexity index is 1360. The van der Waals surface area contributed by atoms with Crippen molar-refractivity contribution in [2.45, 2.75) is 25.9 Å². The second kappa shape index (κ2) is 14.2. The molecule has 2 unspecified atom stereocenters. The Morgan fingerprint density at radius 1 is 0.571 bits per heavy atom. The standard InChI is InChI=1S/2C10H12N2.C10H6O8/c2*1-8-7-11-10(12-8)9-5-3-2-4-6-9;11-7(12)3-1-4(8(13)14)6(10(17)18)2-5(3)9(15)16/h2*2-6,8H,7H2,1H3,(H,11,12);1-2H,(H,11,12)(H,13,14)(H,15,16)(H,17,18). The smallest absolute Gasteiger partial charge is 0.336 e. The zero-order valence-corrected chi connectivity index (χ0v) is 22.8. The van der Waals surface area contributed by atoms with Gasteiger partial charge in [0.15, 0.2) is 0 Å². The van der Waals surface area contributed by atoms with Crippen LogP contribution in [0.5, 0.6) is 0 Å². The second-order valence-corrected chi connectivity index (χ2v) is 9.37. The van der Waals surface area contributed by atoms with Gasteiger partial charge in [0.1, 0.15) is 11.7 Å². The Balaban J connectivity index is 0.000000178. The molecule has 0 saturated heterocycles. The number of carboxylic acid groups (broad SMARTS) is 4. The average molecular weight is 575 g/mol. The lowest BCUT2D eigenvalue weighted by Gasteiger charge is -2.06. The van der Waals surface area contributed by atoms with Crippen molar-refractivity contribution in [3.63, 3.8) is 0 Å². The van der Waals surface area contributed by atoms with Crippen molar-refractivity contribution in [3.05, 3.63) is 106 Å². The first-order chi connectivity index (χ1) is 20.0. The van der Waals surface area contributed by atoms with Crippen molar-refractivity contribution in [2.24, 2.45) is 9.98 Å². The number of aromatic carboxylic acids is 4. The lowest BCUT2D eigenvalue weighted by atomic mass is 9.98. The predicted molar refractivity (Wildman–Crippen MR) is 155 cm³/mol. The molecule has 42 heavy (non-hydrogen) atoms. The second-order valence-electron chi connectivity index (χ2n) is 9.37. The SMILES string of the molecule is CC1CN=C(c2ccccc2)N1.CC1CN=C(c2ccccc2)N1.O=C(O)c1cc(C(=O)O)c(C(=O)O)cc1C(=O)O. The highest BCUT2D eigenvalue weighted by atomic mass is 16.4. The van der Waals surface area contributed by atoms with E-state index < -0.39 is 46.1 Å². The van der Waals surface area contributed by atoms with Crippen LogP contribution in [0, 0.1) is 0 Å². The minimum Gasteiger partial charge on any atom is -0.478 e. The minimum atomic E-state index is -1.66. The van der Waals surface area contributed by atoms with E-state index in [0.717, 1.165) is 24.8 Å². The largest absolute Gasteiger partial charge is 0.478 e. The van der Waals surface area contributed by atoms with E-state index >= 15 is 0 Å². The molecule has 218 valence electrons. The Hall–Kier alpha value is -5.52. The molecule has 0 bridgehead atoms. The molecule has 6 N–H and O–H groups in total. The summed E-state index contributed by atoms with van der Waals surface area (Å²) in [5.74, 6) is -4.58. The van der Waals surface area contributed by atoms with Gasteiger partial charge >= 0.3 is 23.9 Å². The first-order valence-electron chi connectivity index (χ1n) is 12.8. The van der Waals surface area contributed by atoms with Gasteiger partial charge in [-0.15, -0.1) is 0 Å². The summed E-state index contributed by atoms with van der Waals surface area (Å²) in [5, 5.41) is 41.6.